The molecular weight excluding hydrogens is 240 g/mol. The number of benzene rings is 1. The summed E-state index contributed by atoms with van der Waals surface area (Å²) >= 11 is 0. The van der Waals surface area contributed by atoms with Crippen molar-refractivity contribution in [2.24, 2.45) is 0 Å². The zero-order chi connectivity index (χ0) is 13.3. The third kappa shape index (κ3) is 2.59. The Morgan fingerprint density at radius 2 is 2.17 bits per heavy atom. The highest BCUT2D eigenvalue weighted by Crippen LogP contribution is 2.17. The highest BCUT2D eigenvalue weighted by Gasteiger charge is 2.23. The number of nitrogens with two attached hydrogens (primary N) is 1. The Balaban J connectivity index is 2.11. The maximum Gasteiger partial charge on any atom is 0.254 e. The van der Waals surface area contributed by atoms with Crippen LogP contribution in [0.1, 0.15) is 16.8 Å². The molecule has 0 bridgehead atoms. The lowest BCUT2D eigenvalue weighted by molar-refractivity contribution is 0.0934. The number of carbonyl (C=O) groups excluding carboxylic acids is 1. The molecule has 1 fully saturated rings. The van der Waals surface area contributed by atoms with Gasteiger partial charge in [-0.15, -0.1) is 0 Å². The topological polar surface area (TPSA) is 58.4 Å². The third-order valence-electron chi connectivity index (χ3n) is 3.06. The van der Waals surface area contributed by atoms with E-state index in [1.807, 2.05) is 7.05 Å². The summed E-state index contributed by atoms with van der Waals surface area (Å²) in [5.74, 6) is -2.20. The quantitative estimate of drug-likeness (QED) is 0.774. The van der Waals surface area contributed by atoms with Gasteiger partial charge in [0.2, 0.25) is 0 Å². The van der Waals surface area contributed by atoms with E-state index in [2.05, 4.69) is 10.2 Å². The lowest BCUT2D eigenvalue weighted by atomic mass is 10.1. The van der Waals surface area contributed by atoms with Crippen molar-refractivity contribution in [3.63, 3.8) is 0 Å². The monoisotopic (exact) mass is 255 g/mol. The van der Waals surface area contributed by atoms with E-state index in [1.165, 1.54) is 0 Å². The first kappa shape index (κ1) is 12.8. The maximum absolute atomic E-state index is 13.5. The molecule has 0 spiro atoms. The molecular formula is C12H15F2N3O. The van der Waals surface area contributed by atoms with Crippen LogP contribution in [-0.2, 0) is 0 Å². The number of hydrogen-bond donors (Lipinski definition) is 2. The van der Waals surface area contributed by atoms with E-state index in [4.69, 9.17) is 5.73 Å². The molecule has 1 aromatic carbocycles. The van der Waals surface area contributed by atoms with Gasteiger partial charge in [-0.2, -0.15) is 0 Å². The van der Waals surface area contributed by atoms with E-state index in [0.29, 0.717) is 6.54 Å². The van der Waals surface area contributed by atoms with E-state index >= 15 is 0 Å². The molecule has 18 heavy (non-hydrogen) atoms. The number of halogens is 2. The lowest BCUT2D eigenvalue weighted by Gasteiger charge is -2.13. The Kier molecular flexibility index (Phi) is 3.47. The van der Waals surface area contributed by atoms with Crippen LogP contribution in [0.4, 0.5) is 14.5 Å². The predicted molar refractivity (Wildman–Crippen MR) is 64.1 cm³/mol. The number of nitrogens with one attached hydrogen (secondary N) is 1. The molecule has 2 rings (SSSR count). The van der Waals surface area contributed by atoms with Gasteiger partial charge in [0.25, 0.3) is 5.91 Å². The number of carbonyl (C=O) groups is 1. The predicted octanol–water partition coefficient (Wildman–Crippen LogP) is 0.981. The van der Waals surface area contributed by atoms with Crippen molar-refractivity contribution in [1.29, 1.82) is 0 Å². The lowest BCUT2D eigenvalue weighted by Crippen LogP contribution is -2.37. The van der Waals surface area contributed by atoms with Gasteiger partial charge in [-0.25, -0.2) is 8.78 Å². The number of likely N-dealkylation sites (N-methyl/N-ethyl adjacent to an activating group) is 1. The minimum atomic E-state index is -0.808. The summed E-state index contributed by atoms with van der Waals surface area (Å²) in [5, 5.41) is 2.68. The average Bonchev–Trinajstić information content (AvgIpc) is 2.69. The van der Waals surface area contributed by atoms with Crippen molar-refractivity contribution in [3.8, 4) is 0 Å². The second-order valence-corrected chi connectivity index (χ2v) is 4.57. The smallest absolute Gasteiger partial charge is 0.254 e. The van der Waals surface area contributed by atoms with E-state index in [0.717, 1.165) is 25.1 Å². The first-order chi connectivity index (χ1) is 8.47. The first-order valence-electron chi connectivity index (χ1n) is 5.71. The summed E-state index contributed by atoms with van der Waals surface area (Å²) in [6, 6.07) is 1.63. The normalized spacial score (nSPS) is 20.1. The highest BCUT2D eigenvalue weighted by molar-refractivity contribution is 5.95. The first-order valence-corrected chi connectivity index (χ1v) is 5.71. The molecule has 1 aliphatic rings. The second-order valence-electron chi connectivity index (χ2n) is 4.57. The molecule has 1 aromatic rings. The summed E-state index contributed by atoms with van der Waals surface area (Å²) in [6.45, 7) is 1.59. The zero-order valence-electron chi connectivity index (χ0n) is 10.0. The SMILES string of the molecule is CN1CCC(NC(=O)c2cc(F)c(N)cc2F)C1. The molecule has 0 saturated carbocycles. The van der Waals surface area contributed by atoms with Crippen LogP contribution in [0, 0.1) is 11.6 Å². The van der Waals surface area contributed by atoms with Gasteiger partial charge in [-0.1, -0.05) is 0 Å². The Bertz CT molecular complexity index is 479. The minimum absolute atomic E-state index is 0.0254. The van der Waals surface area contributed by atoms with Crippen molar-refractivity contribution >= 4 is 11.6 Å². The van der Waals surface area contributed by atoms with Crippen molar-refractivity contribution < 1.29 is 13.6 Å². The molecule has 1 atom stereocenters. The van der Waals surface area contributed by atoms with Crippen molar-refractivity contribution in [2.75, 3.05) is 25.9 Å². The molecule has 0 aromatic heterocycles. The van der Waals surface area contributed by atoms with Crippen LogP contribution < -0.4 is 11.1 Å². The number of nitrogen functional groups attached to an aromatic ring is 1. The second kappa shape index (κ2) is 4.89. The zero-order valence-corrected chi connectivity index (χ0v) is 10.0. The van der Waals surface area contributed by atoms with E-state index < -0.39 is 17.5 Å². The third-order valence-corrected chi connectivity index (χ3v) is 3.06. The van der Waals surface area contributed by atoms with E-state index in [9.17, 15) is 13.6 Å². The molecule has 1 heterocycles. The van der Waals surface area contributed by atoms with Crippen LogP contribution in [0.5, 0.6) is 0 Å². The Hall–Kier alpha value is -1.69. The molecule has 0 radical (unpaired) electrons. The fraction of sp³-hybridized carbons (Fsp3) is 0.417. The molecule has 1 saturated heterocycles. The van der Waals surface area contributed by atoms with Gasteiger partial charge in [0, 0.05) is 18.7 Å². The number of amides is 1. The van der Waals surface area contributed by atoms with Gasteiger partial charge in [-0.05, 0) is 26.1 Å². The number of rotatable bonds is 2. The van der Waals surface area contributed by atoms with Crippen molar-refractivity contribution in [1.82, 2.24) is 10.2 Å². The molecule has 0 aliphatic carbocycles. The Labute approximate surface area is 104 Å². The number of likely N-dealkylation sites (tertiary alicyclic amines) is 1. The summed E-state index contributed by atoms with van der Waals surface area (Å²) in [4.78, 5) is 13.9. The molecule has 1 unspecified atom stereocenters. The van der Waals surface area contributed by atoms with E-state index in [-0.39, 0.29) is 17.3 Å². The van der Waals surface area contributed by atoms with Crippen LogP contribution in [-0.4, -0.2) is 37.0 Å². The fourth-order valence-electron chi connectivity index (χ4n) is 2.05. The number of nitrogens with zero attached hydrogens (tertiary/aromatic N) is 1. The van der Waals surface area contributed by atoms with Gasteiger partial charge in [0.1, 0.15) is 11.6 Å². The molecule has 1 aliphatic heterocycles. The van der Waals surface area contributed by atoms with Crippen molar-refractivity contribution in [2.45, 2.75) is 12.5 Å². The number of anilines is 1. The molecule has 6 heteroatoms. The summed E-state index contributed by atoms with van der Waals surface area (Å²) in [6.07, 6.45) is 0.807. The summed E-state index contributed by atoms with van der Waals surface area (Å²) in [7, 11) is 1.94. The van der Waals surface area contributed by atoms with Crippen molar-refractivity contribution in [3.05, 3.63) is 29.3 Å². The molecule has 4 nitrogen and oxygen atoms in total. The van der Waals surface area contributed by atoms with Crippen LogP contribution in [0.3, 0.4) is 0 Å². The van der Waals surface area contributed by atoms with Gasteiger partial charge in [0.15, 0.2) is 0 Å². The molecule has 3 N–H and O–H groups in total. The summed E-state index contributed by atoms with van der Waals surface area (Å²) < 4.78 is 26.7. The Morgan fingerprint density at radius 3 is 2.78 bits per heavy atom. The van der Waals surface area contributed by atoms with Crippen LogP contribution in [0.2, 0.25) is 0 Å². The van der Waals surface area contributed by atoms with Crippen LogP contribution >= 0.6 is 0 Å². The van der Waals surface area contributed by atoms with Gasteiger partial charge >= 0.3 is 0 Å². The maximum atomic E-state index is 13.5. The molecule has 1 amide bonds. The minimum Gasteiger partial charge on any atom is -0.396 e. The Morgan fingerprint density at radius 1 is 1.44 bits per heavy atom. The van der Waals surface area contributed by atoms with Crippen LogP contribution in [0.15, 0.2) is 12.1 Å². The number of hydrogen-bond acceptors (Lipinski definition) is 3. The highest BCUT2D eigenvalue weighted by atomic mass is 19.1. The van der Waals surface area contributed by atoms with Gasteiger partial charge in [-0.3, -0.25) is 4.79 Å². The van der Waals surface area contributed by atoms with Crippen LogP contribution in [0.25, 0.3) is 0 Å². The largest absolute Gasteiger partial charge is 0.396 e. The summed E-state index contributed by atoms with van der Waals surface area (Å²) in [5.41, 5.74) is 4.61. The van der Waals surface area contributed by atoms with E-state index in [1.54, 1.807) is 0 Å². The van der Waals surface area contributed by atoms with Gasteiger partial charge in [0.05, 0.1) is 11.3 Å². The standard InChI is InChI=1S/C12H15F2N3O/c1-17-3-2-7(6-17)16-12(18)8-4-10(14)11(15)5-9(8)13/h4-5,7H,2-3,6,15H2,1H3,(H,16,18). The van der Waals surface area contributed by atoms with Gasteiger partial charge < -0.3 is 16.0 Å². The fourth-order valence-corrected chi connectivity index (χ4v) is 2.05. The molecule has 98 valence electrons. The average molecular weight is 255 g/mol.